The van der Waals surface area contributed by atoms with Crippen LogP contribution in [0.5, 0.6) is 0 Å². The number of carbonyl (C=O) groups is 1. The van der Waals surface area contributed by atoms with Crippen LogP contribution < -0.4 is 10.6 Å². The Morgan fingerprint density at radius 2 is 2.09 bits per heavy atom. The fourth-order valence-corrected chi connectivity index (χ4v) is 3.33. The molecule has 132 valence electrons. The van der Waals surface area contributed by atoms with Crippen LogP contribution in [0.2, 0.25) is 0 Å². The van der Waals surface area contributed by atoms with Crippen molar-refractivity contribution in [2.45, 2.75) is 52.0 Å². The van der Waals surface area contributed by atoms with Gasteiger partial charge in [0.2, 0.25) is 5.91 Å². The fraction of sp³-hybridized carbons (Fsp3) is 0.882. The molecule has 2 fully saturated rings. The van der Waals surface area contributed by atoms with Gasteiger partial charge in [-0.3, -0.25) is 9.79 Å². The van der Waals surface area contributed by atoms with Gasteiger partial charge in [-0.25, -0.2) is 0 Å². The SMILES string of the molecule is CCNC(=NCC(C)CO)NC1CCN(C(=O)C2CCCC2)C1. The second-order valence-electron chi connectivity index (χ2n) is 6.90. The molecule has 2 unspecified atom stereocenters. The van der Waals surface area contributed by atoms with E-state index in [4.69, 9.17) is 5.11 Å². The number of nitrogens with one attached hydrogen (secondary N) is 2. The number of aliphatic hydroxyl groups excluding tert-OH is 1. The number of aliphatic imine (C=N–C) groups is 1. The highest BCUT2D eigenvalue weighted by Gasteiger charge is 2.32. The number of aliphatic hydroxyl groups is 1. The lowest BCUT2D eigenvalue weighted by Gasteiger charge is -2.21. The van der Waals surface area contributed by atoms with E-state index in [9.17, 15) is 4.79 Å². The fourth-order valence-electron chi connectivity index (χ4n) is 3.33. The maximum atomic E-state index is 12.5. The number of hydrogen-bond donors (Lipinski definition) is 3. The van der Waals surface area contributed by atoms with Crippen LogP contribution in [0.1, 0.15) is 46.0 Å². The van der Waals surface area contributed by atoms with Crippen LogP contribution in [0.25, 0.3) is 0 Å². The second-order valence-corrected chi connectivity index (χ2v) is 6.90. The van der Waals surface area contributed by atoms with Gasteiger partial charge in [0.15, 0.2) is 5.96 Å². The molecule has 1 heterocycles. The molecule has 1 amide bonds. The maximum Gasteiger partial charge on any atom is 0.225 e. The number of nitrogens with zero attached hydrogens (tertiary/aromatic N) is 2. The molecule has 1 aliphatic carbocycles. The van der Waals surface area contributed by atoms with Crippen molar-refractivity contribution in [1.29, 1.82) is 0 Å². The average Bonchev–Trinajstić information content (AvgIpc) is 3.23. The lowest BCUT2D eigenvalue weighted by Crippen LogP contribution is -2.45. The smallest absolute Gasteiger partial charge is 0.225 e. The summed E-state index contributed by atoms with van der Waals surface area (Å²) in [5, 5.41) is 15.8. The van der Waals surface area contributed by atoms with Gasteiger partial charge in [0.25, 0.3) is 0 Å². The van der Waals surface area contributed by atoms with E-state index in [-0.39, 0.29) is 24.5 Å². The molecule has 0 radical (unpaired) electrons. The van der Waals surface area contributed by atoms with Crippen molar-refractivity contribution in [1.82, 2.24) is 15.5 Å². The highest BCUT2D eigenvalue weighted by Crippen LogP contribution is 2.27. The predicted molar refractivity (Wildman–Crippen MR) is 92.3 cm³/mol. The van der Waals surface area contributed by atoms with Crippen molar-refractivity contribution in [3.63, 3.8) is 0 Å². The molecule has 0 aromatic carbocycles. The number of amides is 1. The highest BCUT2D eigenvalue weighted by molar-refractivity contribution is 5.81. The van der Waals surface area contributed by atoms with Crippen LogP contribution in [0.15, 0.2) is 4.99 Å². The van der Waals surface area contributed by atoms with Crippen LogP contribution in [0.4, 0.5) is 0 Å². The maximum absolute atomic E-state index is 12.5. The third-order valence-corrected chi connectivity index (χ3v) is 4.76. The third-order valence-electron chi connectivity index (χ3n) is 4.76. The number of hydrogen-bond acceptors (Lipinski definition) is 3. The molecule has 0 aromatic heterocycles. The molecule has 2 aliphatic rings. The summed E-state index contributed by atoms with van der Waals surface area (Å²) in [5.74, 6) is 1.56. The molecule has 2 rings (SSSR count). The number of carbonyl (C=O) groups excluding carboxylic acids is 1. The Bertz CT molecular complexity index is 407. The Morgan fingerprint density at radius 1 is 1.35 bits per heavy atom. The highest BCUT2D eigenvalue weighted by atomic mass is 16.3. The predicted octanol–water partition coefficient (Wildman–Crippen LogP) is 0.961. The molecule has 0 bridgehead atoms. The minimum atomic E-state index is 0.149. The summed E-state index contributed by atoms with van der Waals surface area (Å²) in [5.41, 5.74) is 0. The van der Waals surface area contributed by atoms with E-state index < -0.39 is 0 Å². The zero-order valence-electron chi connectivity index (χ0n) is 14.6. The van der Waals surface area contributed by atoms with E-state index in [1.165, 1.54) is 12.8 Å². The van der Waals surface area contributed by atoms with Crippen molar-refractivity contribution < 1.29 is 9.90 Å². The van der Waals surface area contributed by atoms with E-state index in [0.717, 1.165) is 44.9 Å². The van der Waals surface area contributed by atoms with E-state index in [1.807, 2.05) is 18.7 Å². The van der Waals surface area contributed by atoms with Gasteiger partial charge in [-0.2, -0.15) is 0 Å². The zero-order chi connectivity index (χ0) is 16.7. The first kappa shape index (κ1) is 18.0. The van der Waals surface area contributed by atoms with Crippen molar-refractivity contribution in [2.75, 3.05) is 32.8 Å². The Hall–Kier alpha value is -1.30. The Labute approximate surface area is 139 Å². The first-order valence-electron chi connectivity index (χ1n) is 9.08. The van der Waals surface area contributed by atoms with Gasteiger partial charge in [0.1, 0.15) is 0 Å². The van der Waals surface area contributed by atoms with Crippen LogP contribution in [-0.2, 0) is 4.79 Å². The molecule has 2 atom stereocenters. The molecular formula is C17H32N4O2. The standard InChI is InChI=1S/C17H32N4O2/c1-3-18-17(19-10-13(2)12-22)20-15-8-9-21(11-15)16(23)14-6-4-5-7-14/h13-15,22H,3-12H2,1-2H3,(H2,18,19,20). The lowest BCUT2D eigenvalue weighted by atomic mass is 10.1. The molecule has 23 heavy (non-hydrogen) atoms. The molecule has 6 nitrogen and oxygen atoms in total. The molecule has 6 heteroatoms. The number of likely N-dealkylation sites (tertiary alicyclic amines) is 1. The quantitative estimate of drug-likeness (QED) is 0.502. The van der Waals surface area contributed by atoms with E-state index >= 15 is 0 Å². The zero-order valence-corrected chi connectivity index (χ0v) is 14.6. The van der Waals surface area contributed by atoms with Crippen LogP contribution in [-0.4, -0.2) is 60.7 Å². The van der Waals surface area contributed by atoms with Gasteiger partial charge in [0.05, 0.1) is 0 Å². The monoisotopic (exact) mass is 324 g/mol. The van der Waals surface area contributed by atoms with Crippen molar-refractivity contribution in [2.24, 2.45) is 16.8 Å². The molecule has 3 N–H and O–H groups in total. The lowest BCUT2D eigenvalue weighted by molar-refractivity contribution is -0.134. The summed E-state index contributed by atoms with van der Waals surface area (Å²) in [6, 6.07) is 0.266. The first-order chi connectivity index (χ1) is 11.1. The van der Waals surface area contributed by atoms with Crippen molar-refractivity contribution in [3.8, 4) is 0 Å². The second kappa shape index (κ2) is 9.11. The Kier molecular flexibility index (Phi) is 7.15. The van der Waals surface area contributed by atoms with Gasteiger partial charge < -0.3 is 20.6 Å². The molecule has 1 saturated heterocycles. The summed E-state index contributed by atoms with van der Waals surface area (Å²) in [6.07, 6.45) is 5.50. The largest absolute Gasteiger partial charge is 0.396 e. The Balaban J connectivity index is 1.83. The molecule has 0 aromatic rings. The van der Waals surface area contributed by atoms with Gasteiger partial charge in [0, 0.05) is 44.7 Å². The van der Waals surface area contributed by atoms with Crippen LogP contribution in [0.3, 0.4) is 0 Å². The first-order valence-corrected chi connectivity index (χ1v) is 9.08. The topological polar surface area (TPSA) is 77.0 Å². The Morgan fingerprint density at radius 3 is 2.74 bits per heavy atom. The summed E-state index contributed by atoms with van der Waals surface area (Å²) in [6.45, 7) is 7.19. The van der Waals surface area contributed by atoms with Crippen LogP contribution >= 0.6 is 0 Å². The molecular weight excluding hydrogens is 292 g/mol. The van der Waals surface area contributed by atoms with E-state index in [1.54, 1.807) is 0 Å². The normalized spacial score (nSPS) is 24.0. The summed E-state index contributed by atoms with van der Waals surface area (Å²) < 4.78 is 0. The number of guanidine groups is 1. The van der Waals surface area contributed by atoms with Crippen molar-refractivity contribution in [3.05, 3.63) is 0 Å². The molecule has 1 saturated carbocycles. The average molecular weight is 324 g/mol. The van der Waals surface area contributed by atoms with Crippen LogP contribution in [0, 0.1) is 11.8 Å². The summed E-state index contributed by atoms with van der Waals surface area (Å²) in [7, 11) is 0. The van der Waals surface area contributed by atoms with Gasteiger partial charge in [-0.15, -0.1) is 0 Å². The van der Waals surface area contributed by atoms with Gasteiger partial charge in [-0.1, -0.05) is 19.8 Å². The summed E-state index contributed by atoms with van der Waals surface area (Å²) in [4.78, 5) is 19.0. The summed E-state index contributed by atoms with van der Waals surface area (Å²) >= 11 is 0. The van der Waals surface area contributed by atoms with Gasteiger partial charge in [-0.05, 0) is 32.1 Å². The molecule has 0 spiro atoms. The van der Waals surface area contributed by atoms with Crippen molar-refractivity contribution >= 4 is 11.9 Å². The van der Waals surface area contributed by atoms with E-state index in [2.05, 4.69) is 15.6 Å². The van der Waals surface area contributed by atoms with Gasteiger partial charge >= 0.3 is 0 Å². The molecule has 1 aliphatic heterocycles. The number of rotatable bonds is 6. The van der Waals surface area contributed by atoms with E-state index in [0.29, 0.717) is 12.5 Å². The third kappa shape index (κ3) is 5.37. The minimum Gasteiger partial charge on any atom is -0.396 e. The minimum absolute atomic E-state index is 0.149.